The van der Waals surface area contributed by atoms with Gasteiger partial charge in [0.25, 0.3) is 0 Å². The molecule has 2 aromatic carbocycles. The molecule has 0 saturated carbocycles. The second kappa shape index (κ2) is 8.79. The number of carbonyl (C=O) groups is 1. The van der Waals surface area contributed by atoms with Crippen molar-refractivity contribution in [3.05, 3.63) is 69.2 Å². The van der Waals surface area contributed by atoms with Crippen LogP contribution in [0.15, 0.2) is 42.0 Å². The summed E-state index contributed by atoms with van der Waals surface area (Å²) < 4.78 is 44.3. The van der Waals surface area contributed by atoms with E-state index in [-0.39, 0.29) is 17.5 Å². The number of nitrogens with zero attached hydrogens (tertiary/aromatic N) is 1. The first-order valence-corrected chi connectivity index (χ1v) is 10.7. The average Bonchev–Trinajstić information content (AvgIpc) is 2.69. The molecule has 2 aromatic rings. The van der Waals surface area contributed by atoms with Crippen LogP contribution in [-0.4, -0.2) is 35.6 Å². The van der Waals surface area contributed by atoms with E-state index in [9.17, 15) is 18.0 Å². The number of allylic oxidation sites excluding steroid dienone is 1. The second-order valence-corrected chi connectivity index (χ2v) is 8.78. The molecule has 1 N–H and O–H groups in total. The zero-order valence-corrected chi connectivity index (χ0v) is 18.3. The first-order valence-electron chi connectivity index (χ1n) is 10.4. The van der Waals surface area contributed by atoms with Crippen LogP contribution in [0, 0.1) is 5.92 Å². The zero-order valence-electron chi connectivity index (χ0n) is 17.5. The van der Waals surface area contributed by atoms with E-state index in [1.807, 2.05) is 18.2 Å². The second-order valence-electron chi connectivity index (χ2n) is 8.38. The number of aryl methyl sites for hydroxylation is 1. The molecule has 1 heterocycles. The van der Waals surface area contributed by atoms with Gasteiger partial charge in [0, 0.05) is 19.6 Å². The quantitative estimate of drug-likeness (QED) is 0.597. The first-order chi connectivity index (χ1) is 15.1. The minimum Gasteiger partial charge on any atom is -0.489 e. The van der Waals surface area contributed by atoms with Gasteiger partial charge in [0.1, 0.15) is 12.4 Å². The van der Waals surface area contributed by atoms with Gasteiger partial charge in [-0.25, -0.2) is 0 Å². The summed E-state index contributed by atoms with van der Waals surface area (Å²) in [5, 5.41) is 8.70. The number of halogens is 4. The van der Waals surface area contributed by atoms with Gasteiger partial charge in [-0.1, -0.05) is 29.3 Å². The van der Waals surface area contributed by atoms with E-state index in [1.54, 1.807) is 0 Å². The molecule has 0 amide bonds. The highest BCUT2D eigenvalue weighted by Gasteiger charge is 2.34. The summed E-state index contributed by atoms with van der Waals surface area (Å²) in [6.07, 6.45) is -2.71. The fraction of sp³-hybridized carbons (Fsp3) is 0.375. The van der Waals surface area contributed by atoms with Crippen LogP contribution in [0.3, 0.4) is 0 Å². The van der Waals surface area contributed by atoms with Gasteiger partial charge < -0.3 is 9.84 Å². The molecule has 2 aliphatic rings. The highest BCUT2D eigenvalue weighted by atomic mass is 35.5. The van der Waals surface area contributed by atoms with E-state index >= 15 is 0 Å². The Labute approximate surface area is 189 Å². The number of benzene rings is 2. The summed E-state index contributed by atoms with van der Waals surface area (Å²) in [7, 11) is 0. The normalized spacial score (nSPS) is 17.2. The topological polar surface area (TPSA) is 49.8 Å². The van der Waals surface area contributed by atoms with Gasteiger partial charge in [-0.3, -0.25) is 9.69 Å². The summed E-state index contributed by atoms with van der Waals surface area (Å²) >= 11 is 5.78. The monoisotopic (exact) mass is 465 g/mol. The van der Waals surface area contributed by atoms with E-state index in [0.717, 1.165) is 31.0 Å². The van der Waals surface area contributed by atoms with E-state index in [4.69, 9.17) is 21.4 Å². The lowest BCUT2D eigenvalue weighted by Gasteiger charge is -2.38. The summed E-state index contributed by atoms with van der Waals surface area (Å²) in [5.74, 6) is -0.332. The number of carboxylic acid groups (broad SMARTS) is 1. The molecule has 1 aliphatic heterocycles. The molecule has 1 aliphatic carbocycles. The van der Waals surface area contributed by atoms with Gasteiger partial charge in [0.15, 0.2) is 0 Å². The lowest BCUT2D eigenvalue weighted by Crippen LogP contribution is -2.50. The number of likely N-dealkylation sites (tertiary alicyclic amines) is 1. The van der Waals surface area contributed by atoms with Gasteiger partial charge in [-0.2, -0.15) is 13.2 Å². The third-order valence-corrected chi connectivity index (χ3v) is 6.49. The Morgan fingerprint density at radius 1 is 1.19 bits per heavy atom. The van der Waals surface area contributed by atoms with Crippen LogP contribution in [0.25, 0.3) is 5.57 Å². The molecule has 32 heavy (non-hydrogen) atoms. The van der Waals surface area contributed by atoms with E-state index < -0.39 is 17.7 Å². The maximum atomic E-state index is 12.8. The first kappa shape index (κ1) is 22.7. The van der Waals surface area contributed by atoms with Crippen LogP contribution in [0.5, 0.6) is 5.75 Å². The third kappa shape index (κ3) is 4.79. The SMILES string of the molecule is CC1=C(CN2CC(C(=O)O)C2)CCc2cc(OCc3ccc(C(F)(F)F)c(Cl)c3)ccc21. The van der Waals surface area contributed by atoms with Crippen molar-refractivity contribution in [1.29, 1.82) is 0 Å². The fourth-order valence-corrected chi connectivity index (χ4v) is 4.57. The van der Waals surface area contributed by atoms with E-state index in [0.29, 0.717) is 24.4 Å². The van der Waals surface area contributed by atoms with Crippen molar-refractivity contribution in [3.8, 4) is 5.75 Å². The van der Waals surface area contributed by atoms with Crippen LogP contribution < -0.4 is 4.74 Å². The minimum atomic E-state index is -4.48. The fourth-order valence-electron chi connectivity index (χ4n) is 4.26. The molecule has 4 rings (SSSR count). The number of fused-ring (bicyclic) bond motifs is 1. The number of hydrogen-bond acceptors (Lipinski definition) is 3. The molecule has 1 fully saturated rings. The number of rotatable bonds is 6. The van der Waals surface area contributed by atoms with Crippen molar-refractivity contribution in [2.75, 3.05) is 19.6 Å². The largest absolute Gasteiger partial charge is 0.489 e. The van der Waals surface area contributed by atoms with E-state index in [1.165, 1.54) is 28.8 Å². The minimum absolute atomic E-state index is 0.121. The van der Waals surface area contributed by atoms with Gasteiger partial charge in [-0.15, -0.1) is 0 Å². The van der Waals surface area contributed by atoms with Crippen molar-refractivity contribution < 1.29 is 27.8 Å². The molecular weight excluding hydrogens is 443 g/mol. The molecule has 4 nitrogen and oxygen atoms in total. The Morgan fingerprint density at radius 2 is 1.94 bits per heavy atom. The molecule has 8 heteroatoms. The zero-order chi connectivity index (χ0) is 23.0. The summed E-state index contributed by atoms with van der Waals surface area (Å²) in [5.41, 5.74) is 4.58. The smallest absolute Gasteiger partial charge is 0.417 e. The Kier molecular flexibility index (Phi) is 6.23. The molecule has 0 atom stereocenters. The van der Waals surface area contributed by atoms with Gasteiger partial charge in [-0.05, 0) is 66.3 Å². The standard InChI is InChI=1S/C24H23ClF3NO3/c1-14-17(10-29-11-18(12-29)23(30)31)4-3-16-9-19(5-6-20(14)16)32-13-15-2-7-21(22(25)8-15)24(26,27)28/h2,5-9,18H,3-4,10-13H2,1H3,(H,30,31). The van der Waals surface area contributed by atoms with Crippen LogP contribution >= 0.6 is 11.6 Å². The number of alkyl halides is 3. The number of carboxylic acids is 1. The molecule has 1 saturated heterocycles. The predicted octanol–water partition coefficient (Wildman–Crippen LogP) is 5.67. The Morgan fingerprint density at radius 3 is 2.59 bits per heavy atom. The van der Waals surface area contributed by atoms with Crippen molar-refractivity contribution in [3.63, 3.8) is 0 Å². The highest BCUT2D eigenvalue weighted by molar-refractivity contribution is 6.31. The number of hydrogen-bond donors (Lipinski definition) is 1. The molecule has 0 aromatic heterocycles. The molecule has 170 valence electrons. The van der Waals surface area contributed by atoms with Crippen LogP contribution in [0.2, 0.25) is 5.02 Å². The molecule has 0 unspecified atom stereocenters. The Bertz CT molecular complexity index is 1070. The summed E-state index contributed by atoms with van der Waals surface area (Å²) in [6.45, 7) is 4.20. The van der Waals surface area contributed by atoms with Crippen molar-refractivity contribution in [1.82, 2.24) is 4.90 Å². The molecule has 0 radical (unpaired) electrons. The van der Waals surface area contributed by atoms with Crippen LogP contribution in [0.4, 0.5) is 13.2 Å². The Balaban J connectivity index is 1.40. The summed E-state index contributed by atoms with van der Waals surface area (Å²) in [4.78, 5) is 13.2. The van der Waals surface area contributed by atoms with Gasteiger partial charge >= 0.3 is 12.1 Å². The average molecular weight is 466 g/mol. The van der Waals surface area contributed by atoms with Gasteiger partial charge in [0.2, 0.25) is 0 Å². The van der Waals surface area contributed by atoms with Crippen LogP contribution in [-0.2, 0) is 24.0 Å². The lowest BCUT2D eigenvalue weighted by molar-refractivity contribution is -0.147. The highest BCUT2D eigenvalue weighted by Crippen LogP contribution is 2.36. The van der Waals surface area contributed by atoms with Crippen molar-refractivity contribution >= 4 is 23.1 Å². The maximum absolute atomic E-state index is 12.8. The molecule has 0 spiro atoms. The Hall–Kier alpha value is -2.51. The molecule has 0 bridgehead atoms. The molecular formula is C24H23ClF3NO3. The van der Waals surface area contributed by atoms with Gasteiger partial charge in [0.05, 0.1) is 16.5 Å². The summed E-state index contributed by atoms with van der Waals surface area (Å²) in [6, 6.07) is 9.48. The van der Waals surface area contributed by atoms with E-state index in [2.05, 4.69) is 11.8 Å². The maximum Gasteiger partial charge on any atom is 0.417 e. The predicted molar refractivity (Wildman–Crippen MR) is 116 cm³/mol. The van der Waals surface area contributed by atoms with Crippen molar-refractivity contribution in [2.45, 2.75) is 32.5 Å². The van der Waals surface area contributed by atoms with Crippen molar-refractivity contribution in [2.24, 2.45) is 5.92 Å². The number of ether oxygens (including phenoxy) is 1. The third-order valence-electron chi connectivity index (χ3n) is 6.17. The number of aliphatic carboxylic acids is 1. The lowest BCUT2D eigenvalue weighted by atomic mass is 9.85. The van der Waals surface area contributed by atoms with Crippen LogP contribution in [0.1, 0.15) is 35.6 Å².